The van der Waals surface area contributed by atoms with Gasteiger partial charge in [0.05, 0.1) is 17.1 Å². The number of nitrogens with zero attached hydrogens (tertiary/aromatic N) is 2. The van der Waals surface area contributed by atoms with Gasteiger partial charge in [0.15, 0.2) is 0 Å². The van der Waals surface area contributed by atoms with E-state index in [1.54, 1.807) is 12.1 Å². The largest absolute Gasteiger partial charge is 0.341 e. The molecule has 1 saturated heterocycles. The molecule has 0 aliphatic carbocycles. The van der Waals surface area contributed by atoms with Crippen LogP contribution >= 0.6 is 34.5 Å². The molecule has 0 saturated carbocycles. The zero-order valence-electron chi connectivity index (χ0n) is 12.7. The molecule has 1 atom stereocenters. The van der Waals surface area contributed by atoms with Gasteiger partial charge in [-0.2, -0.15) is 0 Å². The van der Waals surface area contributed by atoms with Crippen LogP contribution in [0.15, 0.2) is 23.6 Å². The molecule has 1 aliphatic heterocycles. The van der Waals surface area contributed by atoms with Crippen LogP contribution in [0.2, 0.25) is 10.0 Å². The Balaban J connectivity index is 1.70. The van der Waals surface area contributed by atoms with Crippen LogP contribution in [0.4, 0.5) is 0 Å². The van der Waals surface area contributed by atoms with Crippen LogP contribution in [-0.2, 0) is 11.2 Å². The summed E-state index contributed by atoms with van der Waals surface area (Å²) < 4.78 is 0. The second-order valence-corrected chi connectivity index (χ2v) is 7.30. The molecule has 0 spiro atoms. The minimum Gasteiger partial charge on any atom is -0.341 e. The Hall–Kier alpha value is -1.14. The number of thiazole rings is 1. The van der Waals surface area contributed by atoms with Crippen LogP contribution in [-0.4, -0.2) is 42.0 Å². The highest BCUT2D eigenvalue weighted by Crippen LogP contribution is 2.32. The normalized spacial score (nSPS) is 17.4. The van der Waals surface area contributed by atoms with Crippen molar-refractivity contribution < 1.29 is 4.79 Å². The Morgan fingerprint density at radius 1 is 1.48 bits per heavy atom. The Bertz CT molecular complexity index is 713. The molecule has 23 heavy (non-hydrogen) atoms. The van der Waals surface area contributed by atoms with Crippen molar-refractivity contribution in [3.8, 4) is 10.6 Å². The van der Waals surface area contributed by atoms with E-state index in [9.17, 15) is 4.79 Å². The third kappa shape index (κ3) is 3.86. The molecule has 2 heterocycles. The number of carbonyl (C=O) groups is 1. The number of rotatable bonds is 4. The molecule has 122 valence electrons. The molecule has 7 heteroatoms. The van der Waals surface area contributed by atoms with Crippen LogP contribution in [0.1, 0.15) is 12.1 Å². The van der Waals surface area contributed by atoms with Gasteiger partial charge in [0.1, 0.15) is 5.01 Å². The lowest BCUT2D eigenvalue weighted by Gasteiger charge is -2.23. The highest BCUT2D eigenvalue weighted by atomic mass is 35.5. The number of amides is 1. The molecule has 1 aromatic carbocycles. The lowest BCUT2D eigenvalue weighted by Crippen LogP contribution is -2.39. The molecule has 0 radical (unpaired) electrons. The maximum atomic E-state index is 12.4. The number of likely N-dealkylation sites (N-methyl/N-ethyl adjacent to an activating group) is 1. The zero-order valence-corrected chi connectivity index (χ0v) is 15.0. The van der Waals surface area contributed by atoms with E-state index in [4.69, 9.17) is 23.2 Å². The Morgan fingerprint density at radius 2 is 2.30 bits per heavy atom. The summed E-state index contributed by atoms with van der Waals surface area (Å²) in [5, 5.41) is 7.16. The third-order valence-corrected chi connectivity index (χ3v) is 5.49. The van der Waals surface area contributed by atoms with Gasteiger partial charge < -0.3 is 10.2 Å². The second-order valence-electron chi connectivity index (χ2n) is 5.60. The summed E-state index contributed by atoms with van der Waals surface area (Å²) in [5.41, 5.74) is 1.62. The van der Waals surface area contributed by atoms with Crippen molar-refractivity contribution in [2.75, 3.05) is 20.1 Å². The highest BCUT2D eigenvalue weighted by molar-refractivity contribution is 7.13. The molecular weight excluding hydrogens is 353 g/mol. The summed E-state index contributed by atoms with van der Waals surface area (Å²) in [5.74, 6) is 0.0951. The van der Waals surface area contributed by atoms with E-state index < -0.39 is 0 Å². The Labute approximate surface area is 149 Å². The zero-order chi connectivity index (χ0) is 16.4. The average Bonchev–Trinajstić information content (AvgIpc) is 3.18. The molecule has 4 nitrogen and oxygen atoms in total. The number of halogens is 2. The minimum atomic E-state index is 0.0951. The van der Waals surface area contributed by atoms with Crippen molar-refractivity contribution in [3.63, 3.8) is 0 Å². The number of hydrogen-bond donors (Lipinski definition) is 1. The summed E-state index contributed by atoms with van der Waals surface area (Å²) in [6, 6.07) is 5.62. The van der Waals surface area contributed by atoms with E-state index in [1.807, 2.05) is 23.4 Å². The molecule has 1 fully saturated rings. The van der Waals surface area contributed by atoms with E-state index in [-0.39, 0.29) is 11.9 Å². The second kappa shape index (κ2) is 7.18. The first kappa shape index (κ1) is 16.7. The monoisotopic (exact) mass is 369 g/mol. The van der Waals surface area contributed by atoms with Crippen molar-refractivity contribution in [1.82, 2.24) is 15.2 Å². The average molecular weight is 370 g/mol. The van der Waals surface area contributed by atoms with Crippen molar-refractivity contribution >= 4 is 40.4 Å². The quantitative estimate of drug-likeness (QED) is 0.896. The molecular formula is C16H17Cl2N3OS. The van der Waals surface area contributed by atoms with Crippen LogP contribution in [0, 0.1) is 0 Å². The van der Waals surface area contributed by atoms with Crippen molar-refractivity contribution in [2.24, 2.45) is 0 Å². The van der Waals surface area contributed by atoms with Gasteiger partial charge in [-0.15, -0.1) is 11.3 Å². The Kier molecular flexibility index (Phi) is 5.21. The lowest BCUT2D eigenvalue weighted by molar-refractivity contribution is -0.130. The molecule has 1 aromatic heterocycles. The van der Waals surface area contributed by atoms with Gasteiger partial charge in [-0.3, -0.25) is 4.79 Å². The molecule has 2 aromatic rings. The summed E-state index contributed by atoms with van der Waals surface area (Å²) in [4.78, 5) is 18.8. The van der Waals surface area contributed by atoms with Gasteiger partial charge in [0.2, 0.25) is 5.91 Å². The van der Waals surface area contributed by atoms with E-state index in [0.29, 0.717) is 16.5 Å². The fourth-order valence-electron chi connectivity index (χ4n) is 2.63. The maximum absolute atomic E-state index is 12.4. The number of carbonyl (C=O) groups excluding carboxylic acids is 1. The molecule has 1 unspecified atom stereocenters. The molecule has 3 rings (SSSR count). The van der Waals surface area contributed by atoms with Crippen molar-refractivity contribution in [3.05, 3.63) is 39.3 Å². The number of hydrogen-bond acceptors (Lipinski definition) is 4. The third-order valence-electron chi connectivity index (χ3n) is 4.02. The fourth-order valence-corrected chi connectivity index (χ4v) is 4.04. The van der Waals surface area contributed by atoms with E-state index in [1.165, 1.54) is 11.3 Å². The predicted molar refractivity (Wildman–Crippen MR) is 95.3 cm³/mol. The highest BCUT2D eigenvalue weighted by Gasteiger charge is 2.23. The Morgan fingerprint density at radius 3 is 3.00 bits per heavy atom. The minimum absolute atomic E-state index is 0.0951. The summed E-state index contributed by atoms with van der Waals surface area (Å²) in [6.07, 6.45) is 1.32. The number of nitrogens with one attached hydrogen (secondary N) is 1. The molecule has 1 N–H and O–H groups in total. The first-order valence-electron chi connectivity index (χ1n) is 7.41. The summed E-state index contributed by atoms with van der Waals surface area (Å²) in [6.45, 7) is 1.84. The first-order valence-corrected chi connectivity index (χ1v) is 9.04. The topological polar surface area (TPSA) is 45.2 Å². The van der Waals surface area contributed by atoms with Crippen molar-refractivity contribution in [1.29, 1.82) is 0 Å². The predicted octanol–water partition coefficient (Wildman–Crippen LogP) is 3.48. The van der Waals surface area contributed by atoms with Crippen molar-refractivity contribution in [2.45, 2.75) is 18.9 Å². The maximum Gasteiger partial charge on any atom is 0.228 e. The van der Waals surface area contributed by atoms with Crippen LogP contribution in [0.5, 0.6) is 0 Å². The standard InChI is InChI=1S/C16H17Cl2N3OS/c1-21(12-4-5-19-8-12)15(22)7-11-9-23-16(20-11)13-3-2-10(17)6-14(13)18/h2-3,6,9,12,19H,4-5,7-8H2,1H3. The van der Waals surface area contributed by atoms with E-state index >= 15 is 0 Å². The van der Waals surface area contributed by atoms with Crippen LogP contribution in [0.3, 0.4) is 0 Å². The SMILES string of the molecule is CN(C(=O)Cc1csc(-c2ccc(Cl)cc2Cl)n1)C1CCNC1. The van der Waals surface area contributed by atoms with Crippen LogP contribution in [0.25, 0.3) is 10.6 Å². The van der Waals surface area contributed by atoms with Gasteiger partial charge in [-0.1, -0.05) is 23.2 Å². The molecule has 0 bridgehead atoms. The van der Waals surface area contributed by atoms with E-state index in [2.05, 4.69) is 10.3 Å². The van der Waals surface area contributed by atoms with Gasteiger partial charge >= 0.3 is 0 Å². The summed E-state index contributed by atoms with van der Waals surface area (Å²) >= 11 is 13.6. The lowest BCUT2D eigenvalue weighted by atomic mass is 10.2. The number of benzene rings is 1. The van der Waals surface area contributed by atoms with E-state index in [0.717, 1.165) is 35.8 Å². The summed E-state index contributed by atoms with van der Waals surface area (Å²) in [7, 11) is 1.86. The van der Waals surface area contributed by atoms with Gasteiger partial charge in [-0.25, -0.2) is 4.98 Å². The van der Waals surface area contributed by atoms with Gasteiger partial charge in [0.25, 0.3) is 0 Å². The van der Waals surface area contributed by atoms with Gasteiger partial charge in [-0.05, 0) is 31.2 Å². The molecule has 1 aliphatic rings. The molecule has 1 amide bonds. The van der Waals surface area contributed by atoms with Gasteiger partial charge in [0, 0.05) is 35.6 Å². The number of aromatic nitrogens is 1. The van der Waals surface area contributed by atoms with Crippen LogP contribution < -0.4 is 5.32 Å². The fraction of sp³-hybridized carbons (Fsp3) is 0.375. The first-order chi connectivity index (χ1) is 11.0. The smallest absolute Gasteiger partial charge is 0.228 e.